The lowest BCUT2D eigenvalue weighted by Gasteiger charge is -2.24. The van der Waals surface area contributed by atoms with Crippen LogP contribution < -0.4 is 11.1 Å². The molecule has 0 saturated carbocycles. The quantitative estimate of drug-likeness (QED) is 0.583. The number of hydrogen-bond acceptors (Lipinski definition) is 3. The Labute approximate surface area is 98.6 Å². The summed E-state index contributed by atoms with van der Waals surface area (Å²) in [7, 11) is 0. The molecule has 0 heterocycles. The van der Waals surface area contributed by atoms with Crippen LogP contribution in [0.2, 0.25) is 0 Å². The molecule has 0 rings (SSSR count). The van der Waals surface area contributed by atoms with Gasteiger partial charge in [-0.25, -0.2) is 0 Å². The highest BCUT2D eigenvalue weighted by Gasteiger charge is 2.18. The van der Waals surface area contributed by atoms with Gasteiger partial charge in [0.05, 0.1) is 0 Å². The van der Waals surface area contributed by atoms with Crippen LogP contribution in [0.15, 0.2) is 0 Å². The monoisotopic (exact) mass is 230 g/mol. The van der Waals surface area contributed by atoms with Crippen LogP contribution in [-0.4, -0.2) is 30.2 Å². The average Bonchev–Trinajstić information content (AvgIpc) is 2.21. The molecule has 0 aliphatic carbocycles. The van der Waals surface area contributed by atoms with Gasteiger partial charge in [0.15, 0.2) is 0 Å². The molecule has 0 radical (unpaired) electrons. The Bertz CT molecular complexity index is 203. The third-order valence-corrected chi connectivity index (χ3v) is 2.60. The van der Waals surface area contributed by atoms with E-state index in [-0.39, 0.29) is 24.0 Å². The van der Waals surface area contributed by atoms with Crippen LogP contribution >= 0.6 is 0 Å². The highest BCUT2D eigenvalue weighted by Crippen LogP contribution is 2.20. The maximum atomic E-state index is 11.5. The van der Waals surface area contributed by atoms with Crippen molar-refractivity contribution in [1.82, 2.24) is 5.32 Å². The molecule has 4 N–H and O–H groups in total. The molecule has 1 atom stereocenters. The molecule has 0 aromatic heterocycles. The van der Waals surface area contributed by atoms with Gasteiger partial charge in [0.25, 0.3) is 0 Å². The van der Waals surface area contributed by atoms with Gasteiger partial charge in [-0.2, -0.15) is 0 Å². The Morgan fingerprint density at radius 3 is 2.62 bits per heavy atom. The van der Waals surface area contributed by atoms with Gasteiger partial charge in [-0.3, -0.25) is 4.79 Å². The van der Waals surface area contributed by atoms with Crippen molar-refractivity contribution in [2.45, 2.75) is 52.5 Å². The normalized spacial score (nSPS) is 13.6. The molecular formula is C12H26N2O2. The third kappa shape index (κ3) is 8.68. The molecule has 4 heteroatoms. The van der Waals surface area contributed by atoms with Gasteiger partial charge in [0.1, 0.15) is 0 Å². The molecule has 1 unspecified atom stereocenters. The van der Waals surface area contributed by atoms with Gasteiger partial charge in [0, 0.05) is 25.6 Å². The first kappa shape index (κ1) is 15.4. The van der Waals surface area contributed by atoms with E-state index in [1.807, 2.05) is 6.92 Å². The predicted molar refractivity (Wildman–Crippen MR) is 66.0 cm³/mol. The number of rotatable bonds is 8. The molecule has 0 aromatic carbocycles. The molecule has 96 valence electrons. The fourth-order valence-corrected chi connectivity index (χ4v) is 1.43. The number of aliphatic hydroxyl groups excluding tert-OH is 1. The first-order chi connectivity index (χ1) is 7.37. The first-order valence-corrected chi connectivity index (χ1v) is 6.00. The summed E-state index contributed by atoms with van der Waals surface area (Å²) in [6.07, 6.45) is 2.91. The fourth-order valence-electron chi connectivity index (χ4n) is 1.43. The van der Waals surface area contributed by atoms with Gasteiger partial charge in [-0.05, 0) is 31.6 Å². The van der Waals surface area contributed by atoms with E-state index >= 15 is 0 Å². The molecule has 16 heavy (non-hydrogen) atoms. The number of hydrogen-bond donors (Lipinski definition) is 3. The molecule has 0 saturated heterocycles. The van der Waals surface area contributed by atoms with Crippen molar-refractivity contribution in [2.24, 2.45) is 11.1 Å². The van der Waals surface area contributed by atoms with Crippen LogP contribution in [0.25, 0.3) is 0 Å². The summed E-state index contributed by atoms with van der Waals surface area (Å²) in [5, 5.41) is 11.7. The van der Waals surface area contributed by atoms with E-state index in [9.17, 15) is 4.79 Å². The van der Waals surface area contributed by atoms with E-state index in [1.54, 1.807) is 0 Å². The molecule has 1 amide bonds. The number of amides is 1. The Hall–Kier alpha value is -0.610. The highest BCUT2D eigenvalue weighted by atomic mass is 16.2. The van der Waals surface area contributed by atoms with Crippen LogP contribution in [0, 0.1) is 5.41 Å². The molecule has 0 aromatic rings. The van der Waals surface area contributed by atoms with Gasteiger partial charge in [-0.15, -0.1) is 0 Å². The summed E-state index contributed by atoms with van der Waals surface area (Å²) in [6.45, 7) is 6.95. The zero-order chi connectivity index (χ0) is 12.6. The summed E-state index contributed by atoms with van der Waals surface area (Å²) >= 11 is 0. The van der Waals surface area contributed by atoms with Gasteiger partial charge in [-0.1, -0.05) is 13.8 Å². The molecule has 0 fully saturated rings. The summed E-state index contributed by atoms with van der Waals surface area (Å²) in [6, 6.07) is 0.0770. The maximum Gasteiger partial charge on any atom is 0.220 e. The Morgan fingerprint density at radius 1 is 1.50 bits per heavy atom. The minimum absolute atomic E-state index is 0.0483. The fraction of sp³-hybridized carbons (Fsp3) is 0.917. The predicted octanol–water partition coefficient (Wildman–Crippen LogP) is 1.03. The lowest BCUT2D eigenvalue weighted by molar-refractivity contribution is -0.121. The van der Waals surface area contributed by atoms with Crippen molar-refractivity contribution in [3.63, 3.8) is 0 Å². The van der Waals surface area contributed by atoms with E-state index in [4.69, 9.17) is 10.8 Å². The van der Waals surface area contributed by atoms with E-state index in [0.29, 0.717) is 13.0 Å². The van der Waals surface area contributed by atoms with E-state index < -0.39 is 0 Å². The van der Waals surface area contributed by atoms with Crippen molar-refractivity contribution < 1.29 is 9.90 Å². The van der Waals surface area contributed by atoms with Crippen LogP contribution in [0.1, 0.15) is 46.5 Å². The summed E-state index contributed by atoms with van der Waals surface area (Å²) in [4.78, 5) is 11.5. The van der Waals surface area contributed by atoms with E-state index in [1.165, 1.54) is 0 Å². The molecule has 0 bridgehead atoms. The summed E-state index contributed by atoms with van der Waals surface area (Å²) in [5.41, 5.74) is 5.63. The minimum atomic E-state index is 0.0483. The Morgan fingerprint density at radius 2 is 2.12 bits per heavy atom. The average molecular weight is 230 g/mol. The number of aliphatic hydroxyl groups is 1. The van der Waals surface area contributed by atoms with Crippen LogP contribution in [-0.2, 0) is 4.79 Å². The Balaban J connectivity index is 3.72. The smallest absolute Gasteiger partial charge is 0.220 e. The van der Waals surface area contributed by atoms with Crippen molar-refractivity contribution in [2.75, 3.05) is 13.2 Å². The standard InChI is InChI=1S/C12H26N2O2/c1-10(13)5-6-11(16)14-9-12(2,3)7-4-8-15/h10,15H,4-9,13H2,1-3H3,(H,14,16). The molecular weight excluding hydrogens is 204 g/mol. The number of carbonyl (C=O) groups is 1. The van der Waals surface area contributed by atoms with Crippen LogP contribution in [0.3, 0.4) is 0 Å². The van der Waals surface area contributed by atoms with Gasteiger partial charge in [0.2, 0.25) is 5.91 Å². The second-order valence-corrected chi connectivity index (χ2v) is 5.28. The minimum Gasteiger partial charge on any atom is -0.396 e. The van der Waals surface area contributed by atoms with E-state index in [0.717, 1.165) is 19.3 Å². The summed E-state index contributed by atoms with van der Waals surface area (Å²) < 4.78 is 0. The topological polar surface area (TPSA) is 75.4 Å². The third-order valence-electron chi connectivity index (χ3n) is 2.60. The van der Waals surface area contributed by atoms with Crippen LogP contribution in [0.5, 0.6) is 0 Å². The second kappa shape index (κ2) is 7.63. The molecule has 4 nitrogen and oxygen atoms in total. The molecule has 0 spiro atoms. The van der Waals surface area contributed by atoms with E-state index in [2.05, 4.69) is 19.2 Å². The number of nitrogens with one attached hydrogen (secondary N) is 1. The molecule has 0 aliphatic rings. The maximum absolute atomic E-state index is 11.5. The lowest BCUT2D eigenvalue weighted by Crippen LogP contribution is -2.34. The number of nitrogens with two attached hydrogens (primary N) is 1. The molecule has 0 aliphatic heterocycles. The second-order valence-electron chi connectivity index (χ2n) is 5.28. The highest BCUT2D eigenvalue weighted by molar-refractivity contribution is 5.75. The van der Waals surface area contributed by atoms with Gasteiger partial charge >= 0.3 is 0 Å². The van der Waals surface area contributed by atoms with Crippen molar-refractivity contribution >= 4 is 5.91 Å². The number of carbonyl (C=O) groups excluding carboxylic acids is 1. The lowest BCUT2D eigenvalue weighted by atomic mass is 9.88. The van der Waals surface area contributed by atoms with Gasteiger partial charge < -0.3 is 16.2 Å². The van der Waals surface area contributed by atoms with Crippen molar-refractivity contribution in [1.29, 1.82) is 0 Å². The van der Waals surface area contributed by atoms with Crippen molar-refractivity contribution in [3.8, 4) is 0 Å². The zero-order valence-electron chi connectivity index (χ0n) is 10.8. The van der Waals surface area contributed by atoms with Crippen molar-refractivity contribution in [3.05, 3.63) is 0 Å². The largest absolute Gasteiger partial charge is 0.396 e. The Kier molecular flexibility index (Phi) is 7.34. The zero-order valence-corrected chi connectivity index (χ0v) is 10.8. The van der Waals surface area contributed by atoms with Crippen LogP contribution in [0.4, 0.5) is 0 Å². The summed E-state index contributed by atoms with van der Waals surface area (Å²) in [5.74, 6) is 0.0642. The first-order valence-electron chi connectivity index (χ1n) is 6.00. The SMILES string of the molecule is CC(N)CCC(=O)NCC(C)(C)CCCO.